The van der Waals surface area contributed by atoms with Gasteiger partial charge in [0.25, 0.3) is 0 Å². The zero-order valence-corrected chi connectivity index (χ0v) is 66.0. The van der Waals surface area contributed by atoms with Crippen LogP contribution in [-0.2, 0) is 33.3 Å². The SMILES string of the molecule is CC/C=C\C/C=C\C/C=C\C/C=C\C/C=C\C/C=C\C/C=C\C/C=C\C/C=C\C/C=C\CCCCCCCCCCC(=O)OC(COC(=O)CCCCCCCCCCCCCCCCCCCCCCCC/C=C\C/C=C\C/C=C\CCCCCCC)COC(OCC[N+](C)(C)C)C(=O)[O-]. The van der Waals surface area contributed by atoms with Gasteiger partial charge in [0.2, 0.25) is 0 Å². The maximum Gasteiger partial charge on any atom is 0.306 e. The highest BCUT2D eigenvalue weighted by molar-refractivity contribution is 5.70. The summed E-state index contributed by atoms with van der Waals surface area (Å²) in [6.45, 7) is 4.63. The third-order valence-corrected chi connectivity index (χ3v) is 17.8. The minimum absolute atomic E-state index is 0.140. The van der Waals surface area contributed by atoms with E-state index in [1.165, 1.54) is 193 Å². The second kappa shape index (κ2) is 80.6. The molecule has 0 bridgehead atoms. The number of rotatable bonds is 76. The van der Waals surface area contributed by atoms with Crippen molar-refractivity contribution in [2.24, 2.45) is 0 Å². The van der Waals surface area contributed by atoms with Gasteiger partial charge < -0.3 is 33.3 Å². The predicted octanol–water partition coefficient (Wildman–Crippen LogP) is 25.8. The number of allylic oxidation sites excluding steroid dienone is 26. The molecule has 0 fully saturated rings. The number of unbranched alkanes of at least 4 members (excludes halogenated alkanes) is 35. The molecule has 0 spiro atoms. The van der Waals surface area contributed by atoms with Gasteiger partial charge in [-0.25, -0.2) is 0 Å². The summed E-state index contributed by atoms with van der Waals surface area (Å²) < 4.78 is 22.9. The monoisotopic (exact) mass is 1400 g/mol. The predicted molar refractivity (Wildman–Crippen MR) is 435 cm³/mol. The van der Waals surface area contributed by atoms with Gasteiger partial charge in [-0.2, -0.15) is 0 Å². The number of hydrogen-bond acceptors (Lipinski definition) is 8. The Morgan fingerprint density at radius 2 is 0.564 bits per heavy atom. The number of carboxylic acids is 1. The van der Waals surface area contributed by atoms with Crippen LogP contribution in [0.15, 0.2) is 158 Å². The molecule has 0 heterocycles. The molecule has 0 radical (unpaired) electrons. The molecule has 2 atom stereocenters. The molecule has 2 unspecified atom stereocenters. The molecule has 0 aliphatic rings. The van der Waals surface area contributed by atoms with Gasteiger partial charge in [0.1, 0.15) is 13.2 Å². The maximum atomic E-state index is 13.0. The molecule has 101 heavy (non-hydrogen) atoms. The Balaban J connectivity index is 4.07. The number of nitrogens with zero attached hydrogens (tertiary/aromatic N) is 1. The largest absolute Gasteiger partial charge is 0.545 e. The number of quaternary nitrogens is 1. The average molecular weight is 1400 g/mol. The van der Waals surface area contributed by atoms with E-state index in [0.717, 1.165) is 122 Å². The van der Waals surface area contributed by atoms with E-state index in [9.17, 15) is 19.5 Å². The Morgan fingerprint density at radius 1 is 0.307 bits per heavy atom. The minimum atomic E-state index is -1.63. The van der Waals surface area contributed by atoms with E-state index in [0.29, 0.717) is 17.4 Å². The zero-order chi connectivity index (χ0) is 73.2. The molecule has 0 N–H and O–H groups in total. The van der Waals surface area contributed by atoms with E-state index in [1.807, 2.05) is 21.1 Å². The van der Waals surface area contributed by atoms with Gasteiger partial charge in [0.15, 0.2) is 12.4 Å². The molecule has 0 aromatic carbocycles. The fraction of sp³-hybridized carbons (Fsp3) is 0.685. The van der Waals surface area contributed by atoms with Crippen molar-refractivity contribution >= 4 is 17.9 Å². The number of carboxylic acid groups (broad SMARTS) is 1. The smallest absolute Gasteiger partial charge is 0.306 e. The van der Waals surface area contributed by atoms with Gasteiger partial charge in [0, 0.05) is 12.8 Å². The van der Waals surface area contributed by atoms with Gasteiger partial charge in [-0.15, -0.1) is 0 Å². The van der Waals surface area contributed by atoms with Gasteiger partial charge >= 0.3 is 11.9 Å². The first-order chi connectivity index (χ1) is 49.6. The summed E-state index contributed by atoms with van der Waals surface area (Å²) >= 11 is 0. The molecule has 0 saturated heterocycles. The Kier molecular flexibility index (Phi) is 76.5. The van der Waals surface area contributed by atoms with Gasteiger partial charge in [0.05, 0.1) is 40.3 Å². The molecule has 0 aromatic rings. The van der Waals surface area contributed by atoms with Crippen LogP contribution in [0, 0.1) is 0 Å². The molecule has 0 aliphatic heterocycles. The number of ether oxygens (including phenoxy) is 4. The van der Waals surface area contributed by atoms with Crippen LogP contribution < -0.4 is 5.11 Å². The standard InChI is InChI=1S/C92H155NO8/c1-6-8-10-12-14-16-18-20-22-24-26-28-30-32-34-36-38-40-42-44-45-47-49-51-53-55-57-59-61-63-65-67-69-71-73-75-77-79-81-83-90(95)101-88(87-100-92(91(96)97)98-85-84-93(3,4)5)86-99-89(94)82-80-78-76-74-72-70-68-66-64-62-60-58-56-54-52-50-48-46-43-41-39-37-35-33-31-29-27-25-23-21-19-17-15-13-11-9-7-2/h8,10,14,16,19-22,25-28,31-34,38,40,44-45,49,51,55,57,61,63,88,92H,6-7,9,11-13,15,17-18,23-24,29-30,35-37,39,41-43,46-48,50,52-54,56,58-60,62,64-87H2,1-5H3/b10-8-,16-14-,21-19-,22-20-,27-25-,28-26-,33-31-,34-32-,40-38-,45-44-,51-49-,57-55-,63-61-. The second-order valence-electron chi connectivity index (χ2n) is 28.7. The fourth-order valence-electron chi connectivity index (χ4n) is 11.5. The molecule has 9 nitrogen and oxygen atoms in total. The molecule has 9 heteroatoms. The minimum Gasteiger partial charge on any atom is -0.545 e. The highest BCUT2D eigenvalue weighted by atomic mass is 16.7. The zero-order valence-electron chi connectivity index (χ0n) is 66.0. The first-order valence-electron chi connectivity index (χ1n) is 41.6. The maximum absolute atomic E-state index is 13.0. The summed E-state index contributed by atoms with van der Waals surface area (Å²) in [5.41, 5.74) is 0. The molecular formula is C92H155NO8. The second-order valence-corrected chi connectivity index (χ2v) is 28.7. The van der Waals surface area contributed by atoms with Crippen LogP contribution >= 0.6 is 0 Å². The third kappa shape index (κ3) is 82.1. The topological polar surface area (TPSA) is 111 Å². The molecule has 0 aliphatic carbocycles. The Labute approximate surface area is 623 Å². The highest BCUT2D eigenvalue weighted by Gasteiger charge is 2.22. The number of hydrogen-bond donors (Lipinski definition) is 0. The van der Waals surface area contributed by atoms with Crippen LogP contribution in [0.3, 0.4) is 0 Å². The summed E-state index contributed by atoms with van der Waals surface area (Å²) in [5.74, 6) is -2.29. The quantitative estimate of drug-likeness (QED) is 0.0195. The summed E-state index contributed by atoms with van der Waals surface area (Å²) in [4.78, 5) is 37.6. The molecule has 0 rings (SSSR count). The summed E-state index contributed by atoms with van der Waals surface area (Å²) in [6.07, 6.45) is 117. The van der Waals surface area contributed by atoms with Crippen LogP contribution in [-0.4, -0.2) is 82.3 Å². The van der Waals surface area contributed by atoms with Crippen LogP contribution in [0.4, 0.5) is 0 Å². The first kappa shape index (κ1) is 95.9. The third-order valence-electron chi connectivity index (χ3n) is 17.8. The average Bonchev–Trinajstić information content (AvgIpc) is 1.21. The molecular weight excluding hydrogens is 1250 g/mol. The van der Waals surface area contributed by atoms with E-state index >= 15 is 0 Å². The van der Waals surface area contributed by atoms with Crippen LogP contribution in [0.1, 0.15) is 348 Å². The lowest BCUT2D eigenvalue weighted by atomic mass is 10.0. The van der Waals surface area contributed by atoms with E-state index in [-0.39, 0.29) is 38.6 Å². The van der Waals surface area contributed by atoms with Crippen molar-refractivity contribution in [2.45, 2.75) is 360 Å². The lowest BCUT2D eigenvalue weighted by Crippen LogP contribution is -2.44. The normalized spacial score (nSPS) is 13.5. The van der Waals surface area contributed by atoms with Crippen molar-refractivity contribution in [2.75, 3.05) is 47.5 Å². The molecule has 0 aromatic heterocycles. The molecule has 0 saturated carbocycles. The van der Waals surface area contributed by atoms with Crippen LogP contribution in [0.5, 0.6) is 0 Å². The van der Waals surface area contributed by atoms with Crippen molar-refractivity contribution in [3.63, 3.8) is 0 Å². The highest BCUT2D eigenvalue weighted by Crippen LogP contribution is 2.18. The number of esters is 2. The van der Waals surface area contributed by atoms with Crippen molar-refractivity contribution in [1.82, 2.24) is 0 Å². The Morgan fingerprint density at radius 3 is 0.842 bits per heavy atom. The van der Waals surface area contributed by atoms with E-state index in [2.05, 4.69) is 172 Å². The summed E-state index contributed by atoms with van der Waals surface area (Å²) in [6, 6.07) is 0. The molecule has 576 valence electrons. The van der Waals surface area contributed by atoms with E-state index in [4.69, 9.17) is 18.9 Å². The lowest BCUT2D eigenvalue weighted by Gasteiger charge is -2.26. The van der Waals surface area contributed by atoms with Crippen molar-refractivity contribution < 1.29 is 42.9 Å². The Bertz CT molecular complexity index is 2230. The lowest BCUT2D eigenvalue weighted by molar-refractivity contribution is -0.870. The van der Waals surface area contributed by atoms with Crippen molar-refractivity contribution in [1.29, 1.82) is 0 Å². The van der Waals surface area contributed by atoms with Crippen LogP contribution in [0.25, 0.3) is 0 Å². The number of carbonyl (C=O) groups is 3. The molecule has 0 amide bonds. The summed E-state index contributed by atoms with van der Waals surface area (Å²) in [5, 5.41) is 11.9. The van der Waals surface area contributed by atoms with Gasteiger partial charge in [-0.1, -0.05) is 364 Å². The number of carbonyl (C=O) groups excluding carboxylic acids is 3. The van der Waals surface area contributed by atoms with E-state index in [1.54, 1.807) is 0 Å². The number of aliphatic carboxylic acids is 1. The van der Waals surface area contributed by atoms with E-state index < -0.39 is 24.3 Å². The summed E-state index contributed by atoms with van der Waals surface area (Å²) in [7, 11) is 5.93. The number of likely N-dealkylation sites (N-methyl/N-ethyl adjacent to an activating group) is 1. The van der Waals surface area contributed by atoms with Crippen molar-refractivity contribution in [3.05, 3.63) is 158 Å². The van der Waals surface area contributed by atoms with Crippen molar-refractivity contribution in [3.8, 4) is 0 Å². The van der Waals surface area contributed by atoms with Crippen LogP contribution in [0.2, 0.25) is 0 Å². The first-order valence-corrected chi connectivity index (χ1v) is 41.6. The van der Waals surface area contributed by atoms with Gasteiger partial charge in [-0.3, -0.25) is 9.59 Å². The Hall–Kier alpha value is -5.09. The fourth-order valence-corrected chi connectivity index (χ4v) is 11.5. The van der Waals surface area contributed by atoms with Gasteiger partial charge in [-0.05, 0) is 128 Å².